The first-order valence-corrected chi connectivity index (χ1v) is 30.7. The van der Waals surface area contributed by atoms with E-state index in [4.69, 9.17) is 17.0 Å². The van der Waals surface area contributed by atoms with Gasteiger partial charge in [-0.25, -0.2) is 12.1 Å². The Morgan fingerprint density at radius 3 is 1.29 bits per heavy atom. The predicted octanol–water partition coefficient (Wildman–Crippen LogP) is 11.2. The first-order valence-electron chi connectivity index (χ1n) is 12.7. The Bertz CT molecular complexity index is 1550. The molecule has 0 N–H and O–H groups in total. The quantitative estimate of drug-likeness (QED) is 0.127. The molecular formula is C34H32Cl2GeZr-2. The molecule has 4 heteroatoms. The summed E-state index contributed by atoms with van der Waals surface area (Å²) in [7, 11) is 10.6. The van der Waals surface area contributed by atoms with Gasteiger partial charge in [0.1, 0.15) is 0 Å². The molecule has 0 heterocycles. The Hall–Kier alpha value is -1.89. The van der Waals surface area contributed by atoms with Crippen LogP contribution < -0.4 is 0 Å². The van der Waals surface area contributed by atoms with E-state index in [9.17, 15) is 0 Å². The van der Waals surface area contributed by atoms with Gasteiger partial charge in [-0.15, -0.1) is 0 Å². The number of hydrogen-bond acceptors (Lipinski definition) is 0. The molecule has 0 atom stereocenters. The third-order valence-electron chi connectivity index (χ3n) is 6.40. The minimum absolute atomic E-state index is 0.735. The number of benzene rings is 4. The Morgan fingerprint density at radius 1 is 0.579 bits per heavy atom. The molecule has 0 saturated heterocycles. The molecule has 0 aliphatic rings. The fourth-order valence-corrected chi connectivity index (χ4v) is 4.41. The van der Waals surface area contributed by atoms with Gasteiger partial charge in [-0.1, -0.05) is 110 Å². The van der Waals surface area contributed by atoms with Gasteiger partial charge in [-0.05, 0) is 21.5 Å². The summed E-state index contributed by atoms with van der Waals surface area (Å²) in [5.74, 6) is 4.46. The molecule has 6 rings (SSSR count). The van der Waals surface area contributed by atoms with Gasteiger partial charge in [0.25, 0.3) is 0 Å². The van der Waals surface area contributed by atoms with Crippen LogP contribution in [0, 0.1) is 13.8 Å². The average molecular weight is 675 g/mol. The van der Waals surface area contributed by atoms with Crippen LogP contribution in [0.15, 0.2) is 121 Å². The van der Waals surface area contributed by atoms with Gasteiger partial charge in [0.2, 0.25) is 0 Å². The molecule has 192 valence electrons. The van der Waals surface area contributed by atoms with Crippen molar-refractivity contribution >= 4 is 48.5 Å². The summed E-state index contributed by atoms with van der Waals surface area (Å²) in [6.45, 7) is 4.27. The number of halogens is 2. The van der Waals surface area contributed by atoms with Gasteiger partial charge in [0, 0.05) is 0 Å². The molecule has 0 aliphatic heterocycles. The Kier molecular flexibility index (Phi) is 10.7. The second-order valence-corrected chi connectivity index (χ2v) is 47.6. The molecule has 0 bridgehead atoms. The van der Waals surface area contributed by atoms with Crippen molar-refractivity contribution in [3.05, 3.63) is 132 Å². The van der Waals surface area contributed by atoms with Gasteiger partial charge in [-0.3, -0.25) is 0 Å². The second kappa shape index (κ2) is 13.9. The van der Waals surface area contributed by atoms with E-state index >= 15 is 0 Å². The fraction of sp³-hybridized carbons (Fsp3) is 0.118. The zero-order chi connectivity index (χ0) is 27.1. The van der Waals surface area contributed by atoms with E-state index in [-0.39, 0.29) is 0 Å². The third kappa shape index (κ3) is 7.61. The molecule has 0 saturated carbocycles. The Labute approximate surface area is 242 Å². The topological polar surface area (TPSA) is 0 Å². The van der Waals surface area contributed by atoms with E-state index in [1.807, 2.05) is 0 Å². The predicted molar refractivity (Wildman–Crippen MR) is 169 cm³/mol. The van der Waals surface area contributed by atoms with Crippen molar-refractivity contribution in [2.75, 3.05) is 0 Å². The van der Waals surface area contributed by atoms with Crippen LogP contribution in [0.25, 0.3) is 43.8 Å². The van der Waals surface area contributed by atoms with Crippen LogP contribution in [0.3, 0.4) is 0 Å². The second-order valence-electron chi connectivity index (χ2n) is 9.67. The van der Waals surface area contributed by atoms with E-state index in [0.29, 0.717) is 0 Å². The number of hydrogen-bond donors (Lipinski definition) is 0. The monoisotopic (exact) mass is 674 g/mol. The number of rotatable bonds is 2. The van der Waals surface area contributed by atoms with Crippen LogP contribution in [0.1, 0.15) is 11.1 Å². The third-order valence-corrected chi connectivity index (χ3v) is 40.9. The summed E-state index contributed by atoms with van der Waals surface area (Å²) in [4.78, 5) is 0. The van der Waals surface area contributed by atoms with E-state index < -0.39 is 26.2 Å². The van der Waals surface area contributed by atoms with Gasteiger partial charge >= 0.3 is 54.8 Å². The standard InChI is InChI=1S/2C16H13.C2H6Ge.2ClH.Zr/c2*1-12-9-10-14(11-12)16-8-4-6-13-5-2-3-7-15(13)16;1-3-2;;;/h2*2-11H,1H3;1-2H3;2*1H;/q2*-1;;;;+2/p-2. The average Bonchev–Trinajstić information content (AvgIpc) is 3.56. The molecule has 0 fully saturated rings. The summed E-state index contributed by atoms with van der Waals surface area (Å²) >= 11 is -1.59. The molecule has 0 amide bonds. The molecule has 0 aromatic heterocycles. The van der Waals surface area contributed by atoms with E-state index in [2.05, 4.69) is 147 Å². The summed E-state index contributed by atoms with van der Waals surface area (Å²) < 4.78 is 0. The van der Waals surface area contributed by atoms with Gasteiger partial charge < -0.3 is 0 Å². The zero-order valence-electron chi connectivity index (χ0n) is 22.3. The van der Waals surface area contributed by atoms with Gasteiger partial charge in [-0.2, -0.15) is 46.5 Å². The molecule has 0 radical (unpaired) electrons. The van der Waals surface area contributed by atoms with Gasteiger partial charge in [0.15, 0.2) is 0 Å². The zero-order valence-corrected chi connectivity index (χ0v) is 28.4. The summed E-state index contributed by atoms with van der Waals surface area (Å²) in [5, 5.41) is 5.27. The molecule has 0 unspecified atom stereocenters. The molecule has 38 heavy (non-hydrogen) atoms. The fourth-order valence-electron chi connectivity index (χ4n) is 4.41. The molecular weight excluding hydrogens is 643 g/mol. The van der Waals surface area contributed by atoms with Crippen LogP contribution in [0.4, 0.5) is 0 Å². The Morgan fingerprint density at radius 2 is 0.947 bits per heavy atom. The van der Waals surface area contributed by atoms with Crippen LogP contribution in [-0.4, -0.2) is 9.98 Å². The van der Waals surface area contributed by atoms with Gasteiger partial charge in [0.05, 0.1) is 0 Å². The molecule has 0 aliphatic carbocycles. The number of fused-ring (bicyclic) bond motifs is 2. The van der Waals surface area contributed by atoms with E-state index in [1.54, 1.807) is 0 Å². The van der Waals surface area contributed by atoms with Crippen molar-refractivity contribution in [2.24, 2.45) is 0 Å². The first-order chi connectivity index (χ1) is 18.3. The van der Waals surface area contributed by atoms with Crippen molar-refractivity contribution in [2.45, 2.75) is 25.4 Å². The first kappa shape index (κ1) is 29.1. The van der Waals surface area contributed by atoms with Crippen LogP contribution in [-0.2, 0) is 16.2 Å². The van der Waals surface area contributed by atoms with Crippen molar-refractivity contribution in [3.8, 4) is 22.3 Å². The minimum atomic E-state index is -1.59. The van der Waals surface area contributed by atoms with E-state index in [1.165, 1.54) is 54.9 Å². The maximum atomic E-state index is 5.65. The summed E-state index contributed by atoms with van der Waals surface area (Å²) in [6.07, 6.45) is 0. The number of aryl methyl sites for hydroxylation is 2. The molecule has 6 aromatic rings. The van der Waals surface area contributed by atoms with Crippen LogP contribution in [0.2, 0.25) is 11.5 Å². The molecule has 0 nitrogen and oxygen atoms in total. The van der Waals surface area contributed by atoms with Crippen LogP contribution >= 0.6 is 17.0 Å². The normalized spacial score (nSPS) is 10.4. The van der Waals surface area contributed by atoms with E-state index in [0.717, 1.165) is 0 Å². The van der Waals surface area contributed by atoms with Crippen molar-refractivity contribution in [1.82, 2.24) is 0 Å². The Balaban J connectivity index is 0.000000147. The maximum absolute atomic E-state index is 5.65. The van der Waals surface area contributed by atoms with Crippen molar-refractivity contribution < 1.29 is 16.2 Å². The molecule has 0 spiro atoms. The van der Waals surface area contributed by atoms with Crippen LogP contribution in [0.5, 0.6) is 0 Å². The summed E-state index contributed by atoms with van der Waals surface area (Å²) in [5.41, 5.74) is 7.92. The molecule has 6 aromatic carbocycles. The van der Waals surface area contributed by atoms with Crippen molar-refractivity contribution in [1.29, 1.82) is 0 Å². The SMILES string of the molecule is Cc1cc(-c2cccc3ccccc23)c[cH-]1.Cc1cc(-c2cccc3ccccc23)c[cH-]1.[CH3][Ge]([CH3])=[Zr]([Cl])[Cl]. The summed E-state index contributed by atoms with van der Waals surface area (Å²) in [6, 6.07) is 43.2. The van der Waals surface area contributed by atoms with Crippen molar-refractivity contribution in [3.63, 3.8) is 0 Å².